The van der Waals surface area contributed by atoms with Gasteiger partial charge in [-0.15, -0.1) is 0 Å². The van der Waals surface area contributed by atoms with Crippen molar-refractivity contribution in [3.05, 3.63) is 55.6 Å². The molecule has 120 valence electrons. The first-order chi connectivity index (χ1) is 11.0. The predicted molar refractivity (Wildman–Crippen MR) is 101 cm³/mol. The number of rotatable bonds is 5. The highest BCUT2D eigenvalue weighted by Gasteiger charge is 2.06. The molecule has 0 aliphatic carbocycles. The van der Waals surface area contributed by atoms with Gasteiger partial charge in [0.2, 0.25) is 0 Å². The van der Waals surface area contributed by atoms with Gasteiger partial charge in [0.15, 0.2) is 6.61 Å². The highest BCUT2D eigenvalue weighted by Crippen LogP contribution is 2.27. The molecule has 0 atom stereocenters. The largest absolute Gasteiger partial charge is 0.506 e. The molecule has 2 aromatic carbocycles. The fourth-order valence-electron chi connectivity index (χ4n) is 1.75. The van der Waals surface area contributed by atoms with Crippen molar-refractivity contribution in [2.75, 3.05) is 6.61 Å². The summed E-state index contributed by atoms with van der Waals surface area (Å²) in [5, 5.41) is 13.7. The van der Waals surface area contributed by atoms with E-state index in [0.29, 0.717) is 14.9 Å². The number of hydrogen-bond acceptors (Lipinski definition) is 4. The first-order valence-electron chi connectivity index (χ1n) is 6.65. The molecule has 2 N–H and O–H groups in total. The summed E-state index contributed by atoms with van der Waals surface area (Å²) in [5.74, 6) is 0.391. The first kappa shape index (κ1) is 17.7. The van der Waals surface area contributed by atoms with Crippen molar-refractivity contribution in [2.45, 2.75) is 6.92 Å². The van der Waals surface area contributed by atoms with E-state index in [-0.39, 0.29) is 18.3 Å². The molecule has 2 aromatic rings. The maximum atomic E-state index is 11.7. The first-order valence-corrected chi connectivity index (χ1v) is 8.53. The Morgan fingerprint density at radius 2 is 2.17 bits per heavy atom. The number of hydrogen-bond donors (Lipinski definition) is 2. The zero-order valence-corrected chi connectivity index (χ0v) is 16.0. The number of amides is 1. The third kappa shape index (κ3) is 5.21. The summed E-state index contributed by atoms with van der Waals surface area (Å²) in [4.78, 5) is 11.7. The van der Waals surface area contributed by atoms with E-state index in [0.717, 1.165) is 10.0 Å². The van der Waals surface area contributed by atoms with Crippen LogP contribution in [0.1, 0.15) is 11.1 Å². The van der Waals surface area contributed by atoms with Crippen LogP contribution in [0.2, 0.25) is 0 Å². The Labute approximate surface area is 156 Å². The van der Waals surface area contributed by atoms with Crippen LogP contribution in [0.4, 0.5) is 0 Å². The Morgan fingerprint density at radius 3 is 2.91 bits per heavy atom. The zero-order chi connectivity index (χ0) is 16.8. The molecule has 0 saturated heterocycles. The normalized spacial score (nSPS) is 10.7. The van der Waals surface area contributed by atoms with Gasteiger partial charge in [0.05, 0.1) is 9.78 Å². The molecular formula is C16H14BrIN2O3. The van der Waals surface area contributed by atoms with E-state index in [1.165, 1.54) is 6.21 Å². The number of hydrazone groups is 1. The van der Waals surface area contributed by atoms with Gasteiger partial charge >= 0.3 is 0 Å². The van der Waals surface area contributed by atoms with Crippen molar-refractivity contribution in [3.63, 3.8) is 0 Å². The molecule has 2 rings (SSSR count). The lowest BCUT2D eigenvalue weighted by Crippen LogP contribution is -2.24. The molecular weight excluding hydrogens is 475 g/mol. The maximum Gasteiger partial charge on any atom is 0.277 e. The molecule has 0 saturated carbocycles. The van der Waals surface area contributed by atoms with E-state index in [1.807, 2.05) is 47.7 Å². The number of benzene rings is 2. The smallest absolute Gasteiger partial charge is 0.277 e. The van der Waals surface area contributed by atoms with E-state index in [9.17, 15) is 9.90 Å². The molecule has 0 bridgehead atoms. The summed E-state index contributed by atoms with van der Waals surface area (Å²) in [6, 6.07) is 10.9. The predicted octanol–water partition coefficient (Wildman–Crippen LogP) is 3.60. The van der Waals surface area contributed by atoms with Crippen LogP contribution >= 0.6 is 38.5 Å². The van der Waals surface area contributed by atoms with Crippen LogP contribution < -0.4 is 10.2 Å². The second kappa shape index (κ2) is 8.30. The van der Waals surface area contributed by atoms with Crippen LogP contribution in [0.3, 0.4) is 0 Å². The number of aromatic hydroxyl groups is 1. The highest BCUT2D eigenvalue weighted by atomic mass is 127. The van der Waals surface area contributed by atoms with Crippen molar-refractivity contribution >= 4 is 50.6 Å². The number of nitrogens with zero attached hydrogens (tertiary/aromatic N) is 1. The molecule has 0 radical (unpaired) electrons. The molecule has 0 spiro atoms. The number of para-hydroxylation sites is 1. The average Bonchev–Trinajstić information content (AvgIpc) is 2.51. The lowest BCUT2D eigenvalue weighted by molar-refractivity contribution is -0.123. The minimum absolute atomic E-state index is 0.114. The maximum absolute atomic E-state index is 11.7. The van der Waals surface area contributed by atoms with E-state index in [1.54, 1.807) is 18.2 Å². The van der Waals surface area contributed by atoms with E-state index in [4.69, 9.17) is 4.74 Å². The third-order valence-electron chi connectivity index (χ3n) is 2.90. The number of aryl methyl sites for hydroxylation is 1. The average molecular weight is 489 g/mol. The van der Waals surface area contributed by atoms with E-state index >= 15 is 0 Å². The lowest BCUT2D eigenvalue weighted by Gasteiger charge is -2.07. The van der Waals surface area contributed by atoms with Crippen LogP contribution in [-0.4, -0.2) is 23.8 Å². The molecule has 5 nitrogen and oxygen atoms in total. The monoisotopic (exact) mass is 488 g/mol. The number of ether oxygens (including phenoxy) is 1. The molecule has 0 aliphatic rings. The minimum Gasteiger partial charge on any atom is -0.506 e. The fraction of sp³-hybridized carbons (Fsp3) is 0.125. The van der Waals surface area contributed by atoms with Crippen molar-refractivity contribution in [1.82, 2.24) is 5.43 Å². The highest BCUT2D eigenvalue weighted by molar-refractivity contribution is 14.1. The summed E-state index contributed by atoms with van der Waals surface area (Å²) in [5.41, 5.74) is 3.82. The summed E-state index contributed by atoms with van der Waals surface area (Å²) in [6.45, 7) is 1.77. The second-order valence-corrected chi connectivity index (χ2v) is 6.75. The van der Waals surface area contributed by atoms with Gasteiger partial charge in [0.25, 0.3) is 5.91 Å². The number of halogens is 2. The quantitative estimate of drug-likeness (QED) is 0.384. The van der Waals surface area contributed by atoms with Gasteiger partial charge in [-0.25, -0.2) is 5.43 Å². The number of nitrogens with one attached hydrogen (secondary N) is 1. The third-order valence-corrected chi connectivity index (χ3v) is 4.18. The number of carbonyl (C=O) groups excluding carboxylic acids is 1. The van der Waals surface area contributed by atoms with Gasteiger partial charge in [-0.2, -0.15) is 5.10 Å². The van der Waals surface area contributed by atoms with Crippen LogP contribution in [-0.2, 0) is 4.79 Å². The van der Waals surface area contributed by atoms with Crippen molar-refractivity contribution in [2.24, 2.45) is 5.10 Å². The van der Waals surface area contributed by atoms with Crippen LogP contribution in [0.15, 0.2) is 46.0 Å². The summed E-state index contributed by atoms with van der Waals surface area (Å²) < 4.78 is 6.92. The standard InChI is InChI=1S/C16H14BrIN2O3/c1-10-4-2-3-5-14(10)23-9-15(21)20-19-8-11-6-12(17)7-13(18)16(11)22/h2-8,22H,9H2,1H3,(H,20,21)/b19-8-. The Balaban J connectivity index is 1.91. The number of phenols is 1. The molecule has 0 heterocycles. The summed E-state index contributed by atoms with van der Waals surface area (Å²) in [6.07, 6.45) is 1.38. The number of carbonyl (C=O) groups is 1. The van der Waals surface area contributed by atoms with Crippen molar-refractivity contribution in [1.29, 1.82) is 0 Å². The lowest BCUT2D eigenvalue weighted by atomic mass is 10.2. The van der Waals surface area contributed by atoms with Crippen LogP contribution in [0.5, 0.6) is 11.5 Å². The molecule has 0 aliphatic heterocycles. The summed E-state index contributed by atoms with van der Waals surface area (Å²) in [7, 11) is 0. The Hall–Kier alpha value is -1.61. The van der Waals surface area contributed by atoms with Crippen molar-refractivity contribution < 1.29 is 14.6 Å². The molecule has 0 aromatic heterocycles. The minimum atomic E-state index is -0.381. The SMILES string of the molecule is Cc1ccccc1OCC(=O)N/N=C\c1cc(Br)cc(I)c1O. The molecule has 1 amide bonds. The van der Waals surface area contributed by atoms with Crippen LogP contribution in [0, 0.1) is 10.5 Å². The fourth-order valence-corrected chi connectivity index (χ4v) is 3.30. The Morgan fingerprint density at radius 1 is 1.43 bits per heavy atom. The molecule has 7 heteroatoms. The van der Waals surface area contributed by atoms with Crippen LogP contribution in [0.25, 0.3) is 0 Å². The van der Waals surface area contributed by atoms with Gasteiger partial charge in [-0.3, -0.25) is 4.79 Å². The van der Waals surface area contributed by atoms with E-state index < -0.39 is 0 Å². The number of phenolic OH excluding ortho intramolecular Hbond substituents is 1. The Bertz CT molecular complexity index is 750. The zero-order valence-electron chi connectivity index (χ0n) is 12.2. The van der Waals surface area contributed by atoms with E-state index in [2.05, 4.69) is 26.5 Å². The Kier molecular flexibility index (Phi) is 6.40. The molecule has 0 unspecified atom stereocenters. The van der Waals surface area contributed by atoms with Gasteiger partial charge in [-0.05, 0) is 53.3 Å². The van der Waals surface area contributed by atoms with Crippen molar-refractivity contribution in [3.8, 4) is 11.5 Å². The topological polar surface area (TPSA) is 70.9 Å². The van der Waals surface area contributed by atoms with Gasteiger partial charge in [0.1, 0.15) is 11.5 Å². The molecule has 0 fully saturated rings. The second-order valence-electron chi connectivity index (χ2n) is 4.67. The van der Waals surface area contributed by atoms with Gasteiger partial charge in [0, 0.05) is 10.0 Å². The van der Waals surface area contributed by atoms with Gasteiger partial charge < -0.3 is 9.84 Å². The summed E-state index contributed by atoms with van der Waals surface area (Å²) >= 11 is 5.36. The van der Waals surface area contributed by atoms with Gasteiger partial charge in [-0.1, -0.05) is 34.1 Å². The molecule has 23 heavy (non-hydrogen) atoms.